The van der Waals surface area contributed by atoms with Gasteiger partial charge in [-0.3, -0.25) is 9.36 Å². The van der Waals surface area contributed by atoms with Crippen LogP contribution in [0, 0.1) is 0 Å². The molecule has 1 aromatic heterocycles. The molecule has 1 amide bonds. The Bertz CT molecular complexity index is 1410. The molecule has 8 nitrogen and oxygen atoms in total. The lowest BCUT2D eigenvalue weighted by atomic mass is 10.1. The number of benzene rings is 3. The zero-order chi connectivity index (χ0) is 25.7. The van der Waals surface area contributed by atoms with E-state index in [1.54, 1.807) is 43.3 Å². The molecule has 3 aromatic carbocycles. The third-order valence-corrected chi connectivity index (χ3v) is 6.53. The maximum Gasteiger partial charge on any atom is 0.250 e. The topological polar surface area (TPSA) is 102 Å². The van der Waals surface area contributed by atoms with Crippen LogP contribution in [0.4, 0.5) is 0 Å². The van der Waals surface area contributed by atoms with Gasteiger partial charge in [-0.05, 0) is 73.7 Å². The maximum absolute atomic E-state index is 12.5. The minimum absolute atomic E-state index is 0.0252. The molecule has 0 radical (unpaired) electrons. The third-order valence-electron chi connectivity index (χ3n) is 5.10. The standard InChI is InChI=1S/C25H21Cl2N5O3S/c1-15(17-5-12-21(33)22(13-17)35-2)28-29-23(34)14-36-25-31-30-24(16-3-6-18(26)7-4-16)32(25)20-10-8-19(27)9-11-20/h3-13,33H,14H2,1-2H3,(H,29,34)/b28-15+. The van der Waals surface area contributed by atoms with Gasteiger partial charge in [-0.15, -0.1) is 10.2 Å². The predicted octanol–water partition coefficient (Wildman–Crippen LogP) is 5.59. The minimum Gasteiger partial charge on any atom is -0.504 e. The molecule has 0 atom stereocenters. The first-order valence-electron chi connectivity index (χ1n) is 10.7. The van der Waals surface area contributed by atoms with Crippen LogP contribution in [0.1, 0.15) is 12.5 Å². The Balaban J connectivity index is 1.51. The summed E-state index contributed by atoms with van der Waals surface area (Å²) in [6.07, 6.45) is 0. The second-order valence-electron chi connectivity index (χ2n) is 7.53. The zero-order valence-electron chi connectivity index (χ0n) is 19.3. The number of carbonyl (C=O) groups is 1. The van der Waals surface area contributed by atoms with Gasteiger partial charge in [0.1, 0.15) is 0 Å². The number of phenols is 1. The summed E-state index contributed by atoms with van der Waals surface area (Å²) >= 11 is 13.3. The van der Waals surface area contributed by atoms with Crippen LogP contribution in [-0.2, 0) is 4.79 Å². The summed E-state index contributed by atoms with van der Waals surface area (Å²) in [7, 11) is 1.46. The molecule has 36 heavy (non-hydrogen) atoms. The SMILES string of the molecule is COc1cc(/C(C)=N/NC(=O)CSc2nnc(-c3ccc(Cl)cc3)n2-c2ccc(Cl)cc2)ccc1O. The van der Waals surface area contributed by atoms with Crippen molar-refractivity contribution in [1.29, 1.82) is 0 Å². The Hall–Kier alpha value is -3.53. The molecular formula is C25H21Cl2N5O3S. The van der Waals surface area contributed by atoms with E-state index < -0.39 is 0 Å². The third kappa shape index (κ3) is 5.99. The molecule has 0 aliphatic rings. The molecule has 2 N–H and O–H groups in total. The summed E-state index contributed by atoms with van der Waals surface area (Å²) in [5.41, 5.74) is 5.43. The average molecular weight is 542 g/mol. The van der Waals surface area contributed by atoms with Crippen LogP contribution < -0.4 is 10.2 Å². The lowest BCUT2D eigenvalue weighted by Gasteiger charge is -2.10. The van der Waals surface area contributed by atoms with Gasteiger partial charge in [0.25, 0.3) is 5.91 Å². The number of methoxy groups -OCH3 is 1. The van der Waals surface area contributed by atoms with E-state index in [1.165, 1.54) is 24.9 Å². The van der Waals surface area contributed by atoms with E-state index in [-0.39, 0.29) is 17.4 Å². The Kier molecular flexibility index (Phi) is 8.14. The van der Waals surface area contributed by atoms with E-state index in [2.05, 4.69) is 20.7 Å². The summed E-state index contributed by atoms with van der Waals surface area (Å²) in [6.45, 7) is 1.74. The Labute approximate surface area is 221 Å². The highest BCUT2D eigenvalue weighted by Crippen LogP contribution is 2.29. The van der Waals surface area contributed by atoms with Crippen LogP contribution in [0.15, 0.2) is 77.0 Å². The first-order valence-corrected chi connectivity index (χ1v) is 12.4. The molecule has 0 unspecified atom stereocenters. The first-order chi connectivity index (χ1) is 17.4. The van der Waals surface area contributed by atoms with E-state index in [1.807, 2.05) is 28.8 Å². The number of aromatic hydroxyl groups is 1. The lowest BCUT2D eigenvalue weighted by Crippen LogP contribution is -2.21. The van der Waals surface area contributed by atoms with E-state index >= 15 is 0 Å². The van der Waals surface area contributed by atoms with E-state index in [0.29, 0.717) is 38.1 Å². The number of phenolic OH excluding ortho intramolecular Hbond substituents is 1. The number of hydrogen-bond acceptors (Lipinski definition) is 7. The second kappa shape index (κ2) is 11.5. The second-order valence-corrected chi connectivity index (χ2v) is 9.35. The van der Waals surface area contributed by atoms with Crippen LogP contribution in [0.5, 0.6) is 11.5 Å². The van der Waals surface area contributed by atoms with Crippen molar-refractivity contribution in [3.8, 4) is 28.6 Å². The number of hydrazone groups is 1. The number of thioether (sulfide) groups is 1. The van der Waals surface area contributed by atoms with Gasteiger partial charge in [0.2, 0.25) is 0 Å². The van der Waals surface area contributed by atoms with Gasteiger partial charge in [0.05, 0.1) is 18.6 Å². The molecule has 184 valence electrons. The van der Waals surface area contributed by atoms with Crippen LogP contribution in [-0.4, -0.2) is 44.4 Å². The Morgan fingerprint density at radius 2 is 1.72 bits per heavy atom. The van der Waals surface area contributed by atoms with E-state index in [9.17, 15) is 9.90 Å². The normalized spacial score (nSPS) is 11.4. The highest BCUT2D eigenvalue weighted by atomic mass is 35.5. The quantitative estimate of drug-likeness (QED) is 0.171. The molecule has 0 spiro atoms. The lowest BCUT2D eigenvalue weighted by molar-refractivity contribution is -0.118. The maximum atomic E-state index is 12.5. The Morgan fingerprint density at radius 3 is 2.39 bits per heavy atom. The smallest absolute Gasteiger partial charge is 0.250 e. The predicted molar refractivity (Wildman–Crippen MR) is 143 cm³/mol. The fourth-order valence-corrected chi connectivity index (χ4v) is 4.24. The summed E-state index contributed by atoms with van der Waals surface area (Å²) in [5.74, 6) is 0.692. The molecule has 0 aliphatic carbocycles. The molecule has 0 fully saturated rings. The number of ether oxygens (including phenoxy) is 1. The number of hydrogen-bond donors (Lipinski definition) is 2. The van der Waals surface area contributed by atoms with Crippen molar-refractivity contribution in [3.63, 3.8) is 0 Å². The molecule has 0 saturated carbocycles. The minimum atomic E-state index is -0.316. The number of rotatable bonds is 8. The van der Waals surface area contributed by atoms with Gasteiger partial charge in [-0.25, -0.2) is 5.43 Å². The van der Waals surface area contributed by atoms with Crippen LogP contribution in [0.25, 0.3) is 17.1 Å². The van der Waals surface area contributed by atoms with Gasteiger partial charge in [0, 0.05) is 26.9 Å². The molecule has 11 heteroatoms. The van der Waals surface area contributed by atoms with Gasteiger partial charge in [-0.2, -0.15) is 5.10 Å². The van der Waals surface area contributed by atoms with Crippen molar-refractivity contribution >= 4 is 46.6 Å². The van der Waals surface area contributed by atoms with E-state index in [0.717, 1.165) is 11.3 Å². The van der Waals surface area contributed by atoms with Crippen molar-refractivity contribution in [3.05, 3.63) is 82.3 Å². The van der Waals surface area contributed by atoms with Gasteiger partial charge in [0.15, 0.2) is 22.5 Å². The van der Waals surface area contributed by atoms with Crippen molar-refractivity contribution in [2.24, 2.45) is 5.10 Å². The number of carbonyl (C=O) groups excluding carboxylic acids is 1. The summed E-state index contributed by atoms with van der Waals surface area (Å²) in [4.78, 5) is 12.5. The van der Waals surface area contributed by atoms with Gasteiger partial charge in [-0.1, -0.05) is 35.0 Å². The molecular weight excluding hydrogens is 521 g/mol. The molecule has 4 aromatic rings. The van der Waals surface area contributed by atoms with Crippen molar-refractivity contribution < 1.29 is 14.6 Å². The number of nitrogens with zero attached hydrogens (tertiary/aromatic N) is 4. The van der Waals surface area contributed by atoms with E-state index in [4.69, 9.17) is 27.9 Å². The molecule has 4 rings (SSSR count). The average Bonchev–Trinajstić information content (AvgIpc) is 3.31. The highest BCUT2D eigenvalue weighted by molar-refractivity contribution is 7.99. The number of halogens is 2. The van der Waals surface area contributed by atoms with Crippen LogP contribution in [0.2, 0.25) is 10.0 Å². The summed E-state index contributed by atoms with van der Waals surface area (Å²) in [5, 5.41) is 24.3. The number of amides is 1. The fraction of sp³-hybridized carbons (Fsp3) is 0.120. The molecule has 0 bridgehead atoms. The van der Waals surface area contributed by atoms with Gasteiger partial charge >= 0.3 is 0 Å². The monoisotopic (exact) mass is 541 g/mol. The zero-order valence-corrected chi connectivity index (χ0v) is 21.6. The number of nitrogens with one attached hydrogen (secondary N) is 1. The molecule has 1 heterocycles. The van der Waals surface area contributed by atoms with Crippen molar-refractivity contribution in [2.75, 3.05) is 12.9 Å². The molecule has 0 saturated heterocycles. The Morgan fingerprint density at radius 1 is 1.06 bits per heavy atom. The molecule has 0 aliphatic heterocycles. The highest BCUT2D eigenvalue weighted by Gasteiger charge is 2.17. The number of aromatic nitrogens is 3. The van der Waals surface area contributed by atoms with Crippen LogP contribution >= 0.6 is 35.0 Å². The van der Waals surface area contributed by atoms with Crippen LogP contribution in [0.3, 0.4) is 0 Å². The van der Waals surface area contributed by atoms with Gasteiger partial charge < -0.3 is 9.84 Å². The summed E-state index contributed by atoms with van der Waals surface area (Å²) < 4.78 is 6.97. The fourth-order valence-electron chi connectivity index (χ4n) is 3.25. The van der Waals surface area contributed by atoms with Crippen molar-refractivity contribution in [1.82, 2.24) is 20.2 Å². The summed E-state index contributed by atoms with van der Waals surface area (Å²) in [6, 6.07) is 19.4. The largest absolute Gasteiger partial charge is 0.504 e. The first kappa shape index (κ1) is 25.6. The van der Waals surface area contributed by atoms with Crippen molar-refractivity contribution in [2.45, 2.75) is 12.1 Å².